The number of hydrogen-bond donors (Lipinski definition) is 0. The van der Waals surface area contributed by atoms with Gasteiger partial charge in [-0.05, 0) is 71.9 Å². The Morgan fingerprint density at radius 1 is 0.871 bits per heavy atom. The van der Waals surface area contributed by atoms with E-state index in [0.29, 0.717) is 11.8 Å². The van der Waals surface area contributed by atoms with Crippen molar-refractivity contribution in [3.05, 3.63) is 64.7 Å². The summed E-state index contributed by atoms with van der Waals surface area (Å²) in [5.41, 5.74) is 9.11. The first kappa shape index (κ1) is 20.1. The normalized spacial score (nSPS) is 12.7. The van der Waals surface area contributed by atoms with Crippen LogP contribution in [0, 0.1) is 19.8 Å². The number of aryl methyl sites for hydroxylation is 2. The van der Waals surface area contributed by atoms with E-state index in [1.54, 1.807) is 0 Å². The van der Waals surface area contributed by atoms with Gasteiger partial charge in [-0.1, -0.05) is 45.9 Å². The van der Waals surface area contributed by atoms with Crippen molar-refractivity contribution in [2.75, 3.05) is 0 Å². The number of hydrogen-bond acceptors (Lipinski definition) is 1. The van der Waals surface area contributed by atoms with Gasteiger partial charge in [0.25, 0.3) is 5.69 Å². The monoisotopic (exact) mass is 410 g/mol. The number of fused-ring (bicyclic) bond motifs is 3. The Kier molecular flexibility index (Phi) is 4.58. The van der Waals surface area contributed by atoms with Crippen molar-refractivity contribution in [1.29, 1.82) is 0 Å². The lowest BCUT2D eigenvalue weighted by molar-refractivity contribution is -0.633. The maximum absolute atomic E-state index is 6.64. The van der Waals surface area contributed by atoms with Crippen molar-refractivity contribution in [2.24, 2.45) is 13.0 Å². The highest BCUT2D eigenvalue weighted by atomic mass is 16.5. The number of rotatable bonds is 3. The van der Waals surface area contributed by atoms with Gasteiger partial charge in [-0.2, -0.15) is 4.57 Å². The predicted molar refractivity (Wildman–Crippen MR) is 130 cm³/mol. The Bertz CT molecular complexity index is 1360. The summed E-state index contributed by atoms with van der Waals surface area (Å²) >= 11 is 0. The van der Waals surface area contributed by atoms with Crippen LogP contribution in [-0.4, -0.2) is 0 Å². The van der Waals surface area contributed by atoms with Crippen molar-refractivity contribution >= 4 is 21.7 Å². The average molecular weight is 411 g/mol. The van der Waals surface area contributed by atoms with Crippen LogP contribution in [0.4, 0.5) is 0 Å². The molecule has 1 aromatic heterocycles. The van der Waals surface area contributed by atoms with E-state index in [1.807, 2.05) is 0 Å². The van der Waals surface area contributed by atoms with E-state index < -0.39 is 0 Å². The van der Waals surface area contributed by atoms with E-state index in [2.05, 4.69) is 95.6 Å². The van der Waals surface area contributed by atoms with E-state index in [1.165, 1.54) is 55.2 Å². The van der Waals surface area contributed by atoms with Crippen LogP contribution >= 0.6 is 0 Å². The molecular formula is C29H32NO+. The molecule has 0 spiro atoms. The summed E-state index contributed by atoms with van der Waals surface area (Å²) in [4.78, 5) is 0. The first-order chi connectivity index (χ1) is 14.7. The van der Waals surface area contributed by atoms with Crippen LogP contribution in [0.2, 0.25) is 0 Å². The Balaban J connectivity index is 1.85. The summed E-state index contributed by atoms with van der Waals surface area (Å²) in [5.74, 6) is 3.07. The molecule has 0 amide bonds. The number of pyridine rings is 1. The van der Waals surface area contributed by atoms with Gasteiger partial charge in [-0.25, -0.2) is 0 Å². The van der Waals surface area contributed by atoms with Gasteiger partial charge in [0.05, 0.1) is 10.9 Å². The van der Waals surface area contributed by atoms with Crippen molar-refractivity contribution in [3.63, 3.8) is 0 Å². The molecule has 0 unspecified atom stereocenters. The zero-order chi connectivity index (χ0) is 22.0. The molecule has 1 aliphatic rings. The van der Waals surface area contributed by atoms with Crippen LogP contribution in [0.1, 0.15) is 55.9 Å². The summed E-state index contributed by atoms with van der Waals surface area (Å²) in [6.45, 7) is 13.5. The quantitative estimate of drug-likeness (QED) is 0.280. The van der Waals surface area contributed by atoms with Crippen LogP contribution in [0.15, 0.2) is 42.5 Å². The molecule has 31 heavy (non-hydrogen) atoms. The molecule has 0 atom stereocenters. The zero-order valence-corrected chi connectivity index (χ0v) is 19.8. The third-order valence-corrected chi connectivity index (χ3v) is 6.82. The molecule has 0 N–H and O–H groups in total. The molecule has 0 radical (unpaired) electrons. The Labute approximate surface area is 185 Å². The van der Waals surface area contributed by atoms with Gasteiger partial charge in [-0.3, -0.25) is 0 Å². The van der Waals surface area contributed by atoms with Gasteiger partial charge in [0.2, 0.25) is 5.52 Å². The highest BCUT2D eigenvalue weighted by Gasteiger charge is 2.31. The maximum atomic E-state index is 6.64. The Morgan fingerprint density at radius 2 is 1.65 bits per heavy atom. The summed E-state index contributed by atoms with van der Waals surface area (Å²) in [6.07, 6.45) is 1.06. The molecule has 1 aliphatic heterocycles. The number of benzene rings is 3. The van der Waals surface area contributed by atoms with Gasteiger partial charge in [0.15, 0.2) is 5.75 Å². The van der Waals surface area contributed by atoms with Crippen LogP contribution in [0.3, 0.4) is 0 Å². The minimum absolute atomic E-state index is 0.504. The molecule has 5 rings (SSSR count). The average Bonchev–Trinajstić information content (AvgIpc) is 2.70. The fourth-order valence-electron chi connectivity index (χ4n) is 5.11. The summed E-state index contributed by atoms with van der Waals surface area (Å²) in [5, 5.41) is 3.76. The van der Waals surface area contributed by atoms with Crippen LogP contribution in [0.5, 0.6) is 11.5 Å². The molecule has 0 saturated carbocycles. The molecule has 2 heterocycles. The summed E-state index contributed by atoms with van der Waals surface area (Å²) < 4.78 is 8.96. The molecule has 2 nitrogen and oxygen atoms in total. The van der Waals surface area contributed by atoms with Gasteiger partial charge in [0, 0.05) is 17.5 Å². The highest BCUT2D eigenvalue weighted by molar-refractivity contribution is 6.05. The largest absolute Gasteiger partial charge is 0.450 e. The second-order valence-corrected chi connectivity index (χ2v) is 9.97. The Morgan fingerprint density at radius 3 is 2.35 bits per heavy atom. The van der Waals surface area contributed by atoms with Crippen molar-refractivity contribution in [3.8, 4) is 22.8 Å². The standard InChI is InChI=1S/C29H32NO/c1-16(2)10-20-12-23-11-18(5)19(6)27-28(23)25(13-20)31-26-15-22-14-21(17(3)4)8-9-24(22)30(7)29(26)27/h8-9,11-17H,10H2,1-7H3/q+1. The predicted octanol–water partition coefficient (Wildman–Crippen LogP) is 7.53. The topological polar surface area (TPSA) is 13.1 Å². The maximum Gasteiger partial charge on any atom is 0.256 e. The second kappa shape index (κ2) is 7.09. The van der Waals surface area contributed by atoms with Crippen LogP contribution in [-0.2, 0) is 13.5 Å². The minimum Gasteiger partial charge on any atom is -0.450 e. The molecule has 158 valence electrons. The SMILES string of the molecule is Cc1cc2cc(CC(C)C)cc3c2c(c1C)-c1c(cc2cc(C(C)C)ccc2[n+]1C)O3. The van der Waals surface area contributed by atoms with Gasteiger partial charge in [-0.15, -0.1) is 0 Å². The Hall–Kier alpha value is -2.87. The number of nitrogens with zero attached hydrogens (tertiary/aromatic N) is 1. The second-order valence-electron chi connectivity index (χ2n) is 9.97. The van der Waals surface area contributed by atoms with E-state index in [-0.39, 0.29) is 0 Å². The first-order valence-corrected chi connectivity index (χ1v) is 11.5. The molecule has 0 bridgehead atoms. The highest BCUT2D eigenvalue weighted by Crippen LogP contribution is 2.48. The molecule has 0 saturated heterocycles. The summed E-state index contributed by atoms with van der Waals surface area (Å²) in [6, 6.07) is 16.0. The molecule has 3 aromatic carbocycles. The lowest BCUT2D eigenvalue weighted by Gasteiger charge is -2.23. The fraction of sp³-hybridized carbons (Fsp3) is 0.345. The molecular weight excluding hydrogens is 378 g/mol. The third-order valence-electron chi connectivity index (χ3n) is 6.82. The number of ether oxygens (including phenoxy) is 1. The van der Waals surface area contributed by atoms with E-state index in [4.69, 9.17) is 4.74 Å². The fourth-order valence-corrected chi connectivity index (χ4v) is 5.11. The molecule has 0 fully saturated rings. The van der Waals surface area contributed by atoms with Gasteiger partial charge in [0.1, 0.15) is 12.8 Å². The molecule has 4 aromatic rings. The van der Waals surface area contributed by atoms with Gasteiger partial charge >= 0.3 is 0 Å². The number of aromatic nitrogens is 1. The van der Waals surface area contributed by atoms with Crippen molar-refractivity contribution < 1.29 is 9.30 Å². The molecule has 2 heteroatoms. The lowest BCUT2D eigenvalue weighted by Crippen LogP contribution is -2.33. The van der Waals surface area contributed by atoms with Crippen molar-refractivity contribution in [2.45, 2.75) is 53.9 Å². The smallest absolute Gasteiger partial charge is 0.256 e. The zero-order valence-electron chi connectivity index (χ0n) is 19.8. The van der Waals surface area contributed by atoms with Crippen LogP contribution in [0.25, 0.3) is 32.9 Å². The molecule has 0 aliphatic carbocycles. The van der Waals surface area contributed by atoms with E-state index >= 15 is 0 Å². The van der Waals surface area contributed by atoms with Crippen LogP contribution < -0.4 is 9.30 Å². The lowest BCUT2D eigenvalue weighted by atomic mass is 9.88. The van der Waals surface area contributed by atoms with Gasteiger partial charge < -0.3 is 4.74 Å². The minimum atomic E-state index is 0.504. The van der Waals surface area contributed by atoms with E-state index in [0.717, 1.165) is 17.9 Å². The summed E-state index contributed by atoms with van der Waals surface area (Å²) in [7, 11) is 2.17. The van der Waals surface area contributed by atoms with Crippen molar-refractivity contribution in [1.82, 2.24) is 0 Å². The first-order valence-electron chi connectivity index (χ1n) is 11.5. The van der Waals surface area contributed by atoms with E-state index in [9.17, 15) is 0 Å². The third kappa shape index (κ3) is 3.12.